The van der Waals surface area contributed by atoms with Crippen molar-refractivity contribution in [1.82, 2.24) is 5.32 Å². The Kier molecular flexibility index (Phi) is 8.17. The van der Waals surface area contributed by atoms with E-state index in [1.807, 2.05) is 25.1 Å². The molecule has 0 bridgehead atoms. The summed E-state index contributed by atoms with van der Waals surface area (Å²) in [6.07, 6.45) is 3.58. The predicted octanol–water partition coefficient (Wildman–Crippen LogP) is 3.81. The minimum absolute atomic E-state index is 0.00267. The second kappa shape index (κ2) is 9.62. The zero-order chi connectivity index (χ0) is 16.5. The second-order valence-corrected chi connectivity index (χ2v) is 6.32. The third kappa shape index (κ3) is 6.18. The van der Waals surface area contributed by atoms with Crippen molar-refractivity contribution in [2.75, 3.05) is 18.0 Å². The molecule has 0 heterocycles. The molecule has 0 aliphatic carbocycles. The van der Waals surface area contributed by atoms with E-state index in [9.17, 15) is 9.59 Å². The number of aryl methyl sites for hydroxylation is 1. The van der Waals surface area contributed by atoms with Crippen LogP contribution in [0.4, 0.5) is 5.69 Å². The number of nitrogens with zero attached hydrogens (tertiary/aromatic N) is 1. The van der Waals surface area contributed by atoms with Crippen molar-refractivity contribution in [3.63, 3.8) is 0 Å². The van der Waals surface area contributed by atoms with Crippen LogP contribution in [0.2, 0.25) is 0 Å². The molecule has 2 amide bonds. The van der Waals surface area contributed by atoms with Gasteiger partial charge in [0.15, 0.2) is 0 Å². The number of rotatable bonds is 8. The Hall–Kier alpha value is -1.36. The largest absolute Gasteiger partial charge is 0.356 e. The number of carbonyl (C=O) groups is 2. The van der Waals surface area contributed by atoms with Gasteiger partial charge < -0.3 is 10.2 Å². The van der Waals surface area contributed by atoms with Gasteiger partial charge in [-0.15, -0.1) is 0 Å². The van der Waals surface area contributed by atoms with Crippen LogP contribution >= 0.6 is 15.9 Å². The second-order valence-electron chi connectivity index (χ2n) is 5.41. The molecule has 4 nitrogen and oxygen atoms in total. The Morgan fingerprint density at radius 3 is 2.59 bits per heavy atom. The van der Waals surface area contributed by atoms with E-state index in [0.29, 0.717) is 19.5 Å². The molecule has 0 spiro atoms. The monoisotopic (exact) mass is 368 g/mol. The van der Waals surface area contributed by atoms with E-state index in [1.165, 1.54) is 6.92 Å². The van der Waals surface area contributed by atoms with Gasteiger partial charge in [-0.3, -0.25) is 9.59 Å². The summed E-state index contributed by atoms with van der Waals surface area (Å²) in [5.74, 6) is -0.0543. The van der Waals surface area contributed by atoms with Gasteiger partial charge in [0.05, 0.1) is 0 Å². The number of benzene rings is 1. The summed E-state index contributed by atoms with van der Waals surface area (Å²) in [6, 6.07) is 5.78. The van der Waals surface area contributed by atoms with E-state index in [4.69, 9.17) is 0 Å². The minimum atomic E-state index is -0.0517. The molecule has 1 aromatic carbocycles. The van der Waals surface area contributed by atoms with Gasteiger partial charge in [0, 0.05) is 36.6 Å². The first kappa shape index (κ1) is 18.7. The van der Waals surface area contributed by atoms with E-state index < -0.39 is 0 Å². The van der Waals surface area contributed by atoms with Crippen LogP contribution in [0, 0.1) is 6.92 Å². The fourth-order valence-corrected chi connectivity index (χ4v) is 2.75. The third-order valence-electron chi connectivity index (χ3n) is 3.49. The van der Waals surface area contributed by atoms with Gasteiger partial charge in [0.25, 0.3) is 0 Å². The minimum Gasteiger partial charge on any atom is -0.356 e. The van der Waals surface area contributed by atoms with Crippen LogP contribution in [0.15, 0.2) is 22.7 Å². The van der Waals surface area contributed by atoms with Crippen LogP contribution < -0.4 is 10.2 Å². The van der Waals surface area contributed by atoms with Crippen molar-refractivity contribution in [1.29, 1.82) is 0 Å². The number of anilines is 1. The number of halogens is 1. The first-order chi connectivity index (χ1) is 10.5. The fraction of sp³-hybridized carbons (Fsp3) is 0.529. The highest BCUT2D eigenvalue weighted by atomic mass is 79.9. The van der Waals surface area contributed by atoms with Crippen molar-refractivity contribution in [3.8, 4) is 0 Å². The molecular formula is C17H25BrN2O2. The van der Waals surface area contributed by atoms with Crippen molar-refractivity contribution in [3.05, 3.63) is 28.2 Å². The van der Waals surface area contributed by atoms with Crippen molar-refractivity contribution >= 4 is 33.4 Å². The van der Waals surface area contributed by atoms with Crippen molar-refractivity contribution < 1.29 is 9.59 Å². The molecule has 1 N–H and O–H groups in total. The highest BCUT2D eigenvalue weighted by Crippen LogP contribution is 2.24. The van der Waals surface area contributed by atoms with Crippen LogP contribution in [0.1, 0.15) is 45.1 Å². The topological polar surface area (TPSA) is 49.4 Å². The summed E-state index contributed by atoms with van der Waals surface area (Å²) in [5, 5.41) is 2.90. The average molecular weight is 369 g/mol. The molecule has 0 aliphatic heterocycles. The maximum atomic E-state index is 11.9. The molecule has 0 radical (unpaired) electrons. The molecular weight excluding hydrogens is 344 g/mol. The summed E-state index contributed by atoms with van der Waals surface area (Å²) in [5.41, 5.74) is 1.86. The molecule has 5 heteroatoms. The third-order valence-corrected chi connectivity index (χ3v) is 3.99. The summed E-state index contributed by atoms with van der Waals surface area (Å²) < 4.78 is 0.978. The lowest BCUT2D eigenvalue weighted by Gasteiger charge is -2.23. The zero-order valence-electron chi connectivity index (χ0n) is 13.6. The van der Waals surface area contributed by atoms with Crippen LogP contribution in [0.3, 0.4) is 0 Å². The predicted molar refractivity (Wildman–Crippen MR) is 94.1 cm³/mol. The van der Waals surface area contributed by atoms with E-state index in [0.717, 1.165) is 35.0 Å². The maximum absolute atomic E-state index is 11.9. The Morgan fingerprint density at radius 2 is 2.00 bits per heavy atom. The smallest absolute Gasteiger partial charge is 0.223 e. The molecule has 0 unspecified atom stereocenters. The first-order valence-corrected chi connectivity index (χ1v) is 8.56. The Balaban J connectivity index is 2.58. The summed E-state index contributed by atoms with van der Waals surface area (Å²) >= 11 is 3.42. The highest BCUT2D eigenvalue weighted by molar-refractivity contribution is 9.10. The Labute approximate surface area is 141 Å². The van der Waals surface area contributed by atoms with Gasteiger partial charge >= 0.3 is 0 Å². The standard InChI is InChI=1S/C17H25BrN2O2/c1-4-5-6-10-19-17(22)9-11-20(14(3)21)16-8-7-15(18)12-13(16)2/h7-8,12H,4-6,9-11H2,1-3H3,(H,19,22). The lowest BCUT2D eigenvalue weighted by atomic mass is 10.1. The average Bonchev–Trinajstić information content (AvgIpc) is 2.45. The molecule has 22 heavy (non-hydrogen) atoms. The molecule has 1 aromatic rings. The van der Waals surface area contributed by atoms with Gasteiger partial charge in [0.1, 0.15) is 0 Å². The lowest BCUT2D eigenvalue weighted by molar-refractivity contribution is -0.121. The van der Waals surface area contributed by atoms with E-state index in [1.54, 1.807) is 4.90 Å². The number of amides is 2. The van der Waals surface area contributed by atoms with Crippen molar-refractivity contribution in [2.45, 2.75) is 46.5 Å². The molecule has 0 aliphatic rings. The number of carbonyl (C=O) groups excluding carboxylic acids is 2. The van der Waals surface area contributed by atoms with Gasteiger partial charge in [-0.1, -0.05) is 35.7 Å². The zero-order valence-corrected chi connectivity index (χ0v) is 15.2. The number of hydrogen-bond acceptors (Lipinski definition) is 2. The highest BCUT2D eigenvalue weighted by Gasteiger charge is 2.15. The van der Waals surface area contributed by atoms with Crippen LogP contribution in [0.5, 0.6) is 0 Å². The van der Waals surface area contributed by atoms with Gasteiger partial charge in [-0.2, -0.15) is 0 Å². The van der Waals surface area contributed by atoms with Gasteiger partial charge in [-0.05, 0) is 37.1 Å². The Bertz CT molecular complexity index is 517. The molecule has 1 rings (SSSR count). The normalized spacial score (nSPS) is 10.4. The molecule has 0 atom stereocenters. The Morgan fingerprint density at radius 1 is 1.27 bits per heavy atom. The number of hydrogen-bond donors (Lipinski definition) is 1. The van der Waals surface area contributed by atoms with Gasteiger partial charge in [0.2, 0.25) is 11.8 Å². The van der Waals surface area contributed by atoms with Crippen molar-refractivity contribution in [2.24, 2.45) is 0 Å². The van der Waals surface area contributed by atoms with E-state index in [-0.39, 0.29) is 11.8 Å². The SMILES string of the molecule is CCCCCNC(=O)CCN(C(C)=O)c1ccc(Br)cc1C. The summed E-state index contributed by atoms with van der Waals surface area (Å²) in [7, 11) is 0. The molecule has 0 saturated heterocycles. The van der Waals surface area contributed by atoms with Crippen LogP contribution in [0.25, 0.3) is 0 Å². The first-order valence-electron chi connectivity index (χ1n) is 7.76. The van der Waals surface area contributed by atoms with Crippen LogP contribution in [-0.2, 0) is 9.59 Å². The maximum Gasteiger partial charge on any atom is 0.223 e. The summed E-state index contributed by atoms with van der Waals surface area (Å²) in [4.78, 5) is 25.4. The molecule has 0 fully saturated rings. The quantitative estimate of drug-likeness (QED) is 0.709. The fourth-order valence-electron chi connectivity index (χ4n) is 2.27. The summed E-state index contributed by atoms with van der Waals surface area (Å²) in [6.45, 7) is 6.73. The molecule has 0 saturated carbocycles. The van der Waals surface area contributed by atoms with E-state index >= 15 is 0 Å². The molecule has 0 aromatic heterocycles. The number of nitrogens with one attached hydrogen (secondary N) is 1. The molecule has 122 valence electrons. The van der Waals surface area contributed by atoms with Crippen LogP contribution in [-0.4, -0.2) is 24.9 Å². The van der Waals surface area contributed by atoms with Gasteiger partial charge in [-0.25, -0.2) is 0 Å². The lowest BCUT2D eigenvalue weighted by Crippen LogP contribution is -2.34. The number of unbranched alkanes of at least 4 members (excludes halogenated alkanes) is 2. The van der Waals surface area contributed by atoms with E-state index in [2.05, 4.69) is 28.2 Å².